The topological polar surface area (TPSA) is 0 Å². The highest BCUT2D eigenvalue weighted by atomic mass is 32.1. The Labute approximate surface area is 285 Å². The Morgan fingerprint density at radius 3 is 2.32 bits per heavy atom. The van der Waals surface area contributed by atoms with Crippen molar-refractivity contribution in [2.75, 3.05) is 0 Å². The van der Waals surface area contributed by atoms with E-state index >= 15 is 0 Å². The van der Waals surface area contributed by atoms with E-state index in [9.17, 15) is 0 Å². The number of benzene rings is 4. The molecule has 5 aromatic rings. The molecule has 2 unspecified atom stereocenters. The molecule has 0 radical (unpaired) electrons. The highest BCUT2D eigenvalue weighted by Gasteiger charge is 2.22. The maximum atomic E-state index is 2.48. The summed E-state index contributed by atoms with van der Waals surface area (Å²) < 4.78 is 1.36. The standard InChI is InChI=1S/C46H44S/c1-6-8-11-19-32(3)38-29-30-40(35-20-13-10-14-21-35)45-42-24-16-15-23-37(42)33(4)31-36(22-17-27-43(38)45)41-26-18-25-39-34(5)44(47-46(39)41)28-12-9-7-2/h6-26,28-33H,27H2,1-5H3/b8-6-,9-7-,19-11-,22-17-,28-12-,36-31+. The Balaban J connectivity index is 1.57. The van der Waals surface area contributed by atoms with Gasteiger partial charge in [0.25, 0.3) is 0 Å². The van der Waals surface area contributed by atoms with Crippen molar-refractivity contribution < 1.29 is 0 Å². The van der Waals surface area contributed by atoms with E-state index in [2.05, 4.69) is 186 Å². The van der Waals surface area contributed by atoms with E-state index in [1.54, 1.807) is 0 Å². The minimum absolute atomic E-state index is 0.210. The van der Waals surface area contributed by atoms with E-state index in [-0.39, 0.29) is 11.8 Å². The first kappa shape index (κ1) is 32.2. The number of aryl methyl sites for hydroxylation is 1. The molecule has 0 spiro atoms. The van der Waals surface area contributed by atoms with Crippen LogP contribution in [0.3, 0.4) is 0 Å². The summed E-state index contributed by atoms with van der Waals surface area (Å²) in [5.41, 5.74) is 13.3. The quantitative estimate of drug-likeness (QED) is 0.157. The summed E-state index contributed by atoms with van der Waals surface area (Å²) >= 11 is 1.90. The van der Waals surface area contributed by atoms with Crippen LogP contribution < -0.4 is 0 Å². The number of fused-ring (bicyclic) bond motifs is 4. The number of hydrogen-bond acceptors (Lipinski definition) is 1. The van der Waals surface area contributed by atoms with Gasteiger partial charge in [-0.25, -0.2) is 0 Å². The molecule has 1 aromatic heterocycles. The van der Waals surface area contributed by atoms with Crippen LogP contribution in [0.15, 0.2) is 146 Å². The van der Waals surface area contributed by atoms with Gasteiger partial charge in [0.1, 0.15) is 0 Å². The summed E-state index contributed by atoms with van der Waals surface area (Å²) in [5.74, 6) is 0.485. The van der Waals surface area contributed by atoms with Crippen LogP contribution in [0.25, 0.3) is 44.0 Å². The molecule has 0 saturated heterocycles. The van der Waals surface area contributed by atoms with E-state index < -0.39 is 0 Å². The first-order valence-corrected chi connectivity index (χ1v) is 17.6. The van der Waals surface area contributed by atoms with Crippen LogP contribution >= 0.6 is 11.3 Å². The van der Waals surface area contributed by atoms with Crippen molar-refractivity contribution in [1.82, 2.24) is 0 Å². The Bertz CT molecular complexity index is 2060. The SMILES string of the molecule is C/C=C\C=C/c1sc2c(C3=C/C(C)c4ccccc4-c4c(-c5ccccc5)ccc(C(C)/C=C\C=C/C)c4C/C=C\3)cccc2c1C. The van der Waals surface area contributed by atoms with Gasteiger partial charge in [0, 0.05) is 15.5 Å². The predicted octanol–water partition coefficient (Wildman–Crippen LogP) is 13.7. The van der Waals surface area contributed by atoms with Gasteiger partial charge in [-0.2, -0.15) is 0 Å². The average Bonchev–Trinajstić information content (AvgIpc) is 3.42. The van der Waals surface area contributed by atoms with Crippen molar-refractivity contribution in [1.29, 1.82) is 0 Å². The van der Waals surface area contributed by atoms with E-state index in [0.717, 1.165) is 6.42 Å². The van der Waals surface area contributed by atoms with Crippen LogP contribution in [0.2, 0.25) is 0 Å². The van der Waals surface area contributed by atoms with Crippen molar-refractivity contribution in [3.63, 3.8) is 0 Å². The summed E-state index contributed by atoms with van der Waals surface area (Å²) in [6.07, 6.45) is 25.4. The zero-order valence-corrected chi connectivity index (χ0v) is 29.0. The molecule has 0 saturated carbocycles. The molecule has 47 heavy (non-hydrogen) atoms. The van der Waals surface area contributed by atoms with E-state index in [4.69, 9.17) is 0 Å². The summed E-state index contributed by atoms with van der Waals surface area (Å²) in [5, 5.41) is 1.34. The molecular formula is C46H44S. The fraction of sp³-hybridized carbons (Fsp3) is 0.174. The highest BCUT2D eigenvalue weighted by Crippen LogP contribution is 2.44. The fourth-order valence-corrected chi connectivity index (χ4v) is 8.10. The van der Waals surface area contributed by atoms with Crippen molar-refractivity contribution in [3.8, 4) is 22.3 Å². The van der Waals surface area contributed by atoms with Gasteiger partial charge in [0.15, 0.2) is 0 Å². The van der Waals surface area contributed by atoms with Crippen molar-refractivity contribution in [2.24, 2.45) is 0 Å². The summed E-state index contributed by atoms with van der Waals surface area (Å²) in [6.45, 7) is 11.1. The fourth-order valence-electron chi connectivity index (χ4n) is 6.84. The van der Waals surface area contributed by atoms with Crippen molar-refractivity contribution >= 4 is 33.1 Å². The first-order chi connectivity index (χ1) is 23.0. The third-order valence-corrected chi connectivity index (χ3v) is 10.6. The van der Waals surface area contributed by atoms with Gasteiger partial charge in [-0.05, 0) is 100 Å². The predicted molar refractivity (Wildman–Crippen MR) is 209 cm³/mol. The molecule has 234 valence electrons. The van der Waals surface area contributed by atoms with Crippen molar-refractivity contribution in [2.45, 2.75) is 52.9 Å². The monoisotopic (exact) mass is 628 g/mol. The lowest BCUT2D eigenvalue weighted by Gasteiger charge is -2.25. The minimum Gasteiger partial charge on any atom is -0.135 e. The molecule has 4 aromatic carbocycles. The third kappa shape index (κ3) is 6.73. The van der Waals surface area contributed by atoms with Crippen LogP contribution in [0.1, 0.15) is 72.2 Å². The zero-order valence-electron chi connectivity index (χ0n) is 28.2. The second-order valence-electron chi connectivity index (χ2n) is 12.4. The molecule has 6 rings (SSSR count). The molecule has 1 heteroatoms. The molecule has 1 aliphatic carbocycles. The number of thiophene rings is 1. The Kier molecular flexibility index (Phi) is 10.1. The molecule has 0 nitrogen and oxygen atoms in total. The molecule has 0 N–H and O–H groups in total. The van der Waals surface area contributed by atoms with Crippen molar-refractivity contribution in [3.05, 3.63) is 178 Å². The lowest BCUT2D eigenvalue weighted by Crippen LogP contribution is -2.05. The van der Waals surface area contributed by atoms with E-state index in [1.807, 2.05) is 11.3 Å². The average molecular weight is 629 g/mol. The largest absolute Gasteiger partial charge is 0.135 e. The maximum absolute atomic E-state index is 2.48. The van der Waals surface area contributed by atoms with Gasteiger partial charge in [-0.1, -0.05) is 160 Å². The molecule has 1 heterocycles. The van der Waals surface area contributed by atoms with Crippen LogP contribution in [0, 0.1) is 6.92 Å². The van der Waals surface area contributed by atoms with Gasteiger partial charge in [0.2, 0.25) is 0 Å². The Hall–Kier alpha value is -4.72. The lowest BCUT2D eigenvalue weighted by atomic mass is 9.79. The first-order valence-electron chi connectivity index (χ1n) is 16.8. The molecule has 2 atom stereocenters. The molecule has 0 fully saturated rings. The summed E-state index contributed by atoms with van der Waals surface area (Å²) in [4.78, 5) is 1.32. The van der Waals surface area contributed by atoms with Crippen LogP contribution in [0.5, 0.6) is 0 Å². The number of hydrogen-bond donors (Lipinski definition) is 0. The van der Waals surface area contributed by atoms with Gasteiger partial charge < -0.3 is 0 Å². The smallest absolute Gasteiger partial charge is 0.0430 e. The Morgan fingerprint density at radius 2 is 1.51 bits per heavy atom. The van der Waals surface area contributed by atoms with Crippen LogP contribution in [0.4, 0.5) is 0 Å². The molecule has 0 aliphatic heterocycles. The lowest BCUT2D eigenvalue weighted by molar-refractivity contribution is 0.938. The minimum atomic E-state index is 0.210. The molecule has 0 amide bonds. The number of rotatable bonds is 7. The zero-order chi connectivity index (χ0) is 32.8. The van der Waals surface area contributed by atoms with Gasteiger partial charge in [0.05, 0.1) is 0 Å². The molecule has 1 aliphatic rings. The summed E-state index contributed by atoms with van der Waals surface area (Å²) in [7, 11) is 0. The van der Waals surface area contributed by atoms with Crippen LogP contribution in [-0.4, -0.2) is 0 Å². The van der Waals surface area contributed by atoms with Gasteiger partial charge >= 0.3 is 0 Å². The summed E-state index contributed by atoms with van der Waals surface area (Å²) in [6, 6.07) is 31.5. The van der Waals surface area contributed by atoms with E-state index in [0.29, 0.717) is 0 Å². The normalized spacial score (nSPS) is 17.7. The number of allylic oxidation sites excluding steroid dienone is 11. The Morgan fingerprint density at radius 1 is 0.766 bits per heavy atom. The molecular weight excluding hydrogens is 585 g/mol. The molecule has 0 bridgehead atoms. The van der Waals surface area contributed by atoms with Gasteiger partial charge in [-0.3, -0.25) is 0 Å². The van der Waals surface area contributed by atoms with E-state index in [1.165, 1.54) is 70.6 Å². The second-order valence-corrected chi connectivity index (χ2v) is 13.4. The van der Waals surface area contributed by atoms with Gasteiger partial charge in [-0.15, -0.1) is 11.3 Å². The second kappa shape index (κ2) is 14.8. The third-order valence-electron chi connectivity index (χ3n) is 9.26. The maximum Gasteiger partial charge on any atom is 0.0430 e. The van der Waals surface area contributed by atoms with Crippen LogP contribution in [-0.2, 0) is 6.42 Å². The highest BCUT2D eigenvalue weighted by molar-refractivity contribution is 7.20.